The molecule has 0 atom stereocenters. The number of carbonyl (C=O) groups is 1. The van der Waals surface area contributed by atoms with E-state index in [0.29, 0.717) is 53.4 Å². The van der Waals surface area contributed by atoms with Crippen LogP contribution in [0, 0.1) is 6.92 Å². The number of pyridine rings is 1. The number of piperidine rings is 1. The van der Waals surface area contributed by atoms with Crippen LogP contribution in [0.5, 0.6) is 0 Å². The molecule has 4 aromatic heterocycles. The number of thiazole rings is 1. The molecular formula is C31H27ClN8O2S2. The molecule has 6 aromatic rings. The van der Waals surface area contributed by atoms with Crippen LogP contribution in [0.3, 0.4) is 0 Å². The van der Waals surface area contributed by atoms with Crippen LogP contribution in [0.25, 0.3) is 28.1 Å². The van der Waals surface area contributed by atoms with Crippen molar-refractivity contribution in [2.24, 2.45) is 0 Å². The molecule has 13 heteroatoms. The van der Waals surface area contributed by atoms with Crippen LogP contribution >= 0.6 is 34.7 Å². The minimum absolute atomic E-state index is 0.0436. The van der Waals surface area contributed by atoms with Crippen molar-refractivity contribution in [2.75, 3.05) is 13.1 Å². The van der Waals surface area contributed by atoms with Gasteiger partial charge in [0.15, 0.2) is 11.0 Å². The predicted octanol–water partition coefficient (Wildman–Crippen LogP) is 6.16. The SMILES string of the molecule is Cc1ccc(Cl)cc1-n1c(SCc2nc(C(=O)N3CCC(n4c(=O)[nH]c5ccccc54)CC3)cs2)nnc1-c1cccnc1. The molecule has 0 spiro atoms. The highest BCUT2D eigenvalue weighted by Crippen LogP contribution is 2.33. The lowest BCUT2D eigenvalue weighted by Crippen LogP contribution is -2.40. The summed E-state index contributed by atoms with van der Waals surface area (Å²) in [4.78, 5) is 39.7. The van der Waals surface area contributed by atoms with Gasteiger partial charge in [0.25, 0.3) is 5.91 Å². The lowest BCUT2D eigenvalue weighted by molar-refractivity contribution is 0.0689. The van der Waals surface area contributed by atoms with Gasteiger partial charge < -0.3 is 9.88 Å². The summed E-state index contributed by atoms with van der Waals surface area (Å²) in [5, 5.41) is 12.9. The first-order chi connectivity index (χ1) is 21.5. The highest BCUT2D eigenvalue weighted by Gasteiger charge is 2.28. The zero-order valence-electron chi connectivity index (χ0n) is 23.7. The van der Waals surface area contributed by atoms with E-state index >= 15 is 0 Å². The van der Waals surface area contributed by atoms with E-state index < -0.39 is 0 Å². The number of likely N-dealkylation sites (tertiary alicyclic amines) is 1. The number of aromatic amines is 1. The van der Waals surface area contributed by atoms with Gasteiger partial charge in [-0.3, -0.25) is 18.9 Å². The number of fused-ring (bicyclic) bond motifs is 1. The van der Waals surface area contributed by atoms with Crippen molar-refractivity contribution in [1.82, 2.24) is 39.2 Å². The van der Waals surface area contributed by atoms with E-state index in [-0.39, 0.29) is 17.6 Å². The molecule has 0 bridgehead atoms. The first-order valence-electron chi connectivity index (χ1n) is 14.1. The normalized spacial score (nSPS) is 14.0. The smallest absolute Gasteiger partial charge is 0.326 e. The largest absolute Gasteiger partial charge is 0.337 e. The Morgan fingerprint density at radius 3 is 2.77 bits per heavy atom. The molecule has 5 heterocycles. The van der Waals surface area contributed by atoms with Crippen molar-refractivity contribution in [3.05, 3.63) is 104 Å². The summed E-state index contributed by atoms with van der Waals surface area (Å²) in [7, 11) is 0. The number of nitrogens with zero attached hydrogens (tertiary/aromatic N) is 7. The summed E-state index contributed by atoms with van der Waals surface area (Å²) in [6.07, 6.45) is 4.89. The maximum absolute atomic E-state index is 13.4. The molecule has 44 heavy (non-hydrogen) atoms. The fourth-order valence-corrected chi connectivity index (χ4v) is 7.51. The van der Waals surface area contributed by atoms with Gasteiger partial charge >= 0.3 is 5.69 Å². The number of H-pyrrole nitrogens is 1. The average molecular weight is 643 g/mol. The van der Waals surface area contributed by atoms with Gasteiger partial charge in [0.1, 0.15) is 10.7 Å². The van der Waals surface area contributed by atoms with Crippen molar-refractivity contribution < 1.29 is 4.79 Å². The number of para-hydroxylation sites is 2. The fourth-order valence-electron chi connectivity index (χ4n) is 5.61. The van der Waals surface area contributed by atoms with Gasteiger partial charge in [-0.25, -0.2) is 9.78 Å². The molecule has 2 aromatic carbocycles. The van der Waals surface area contributed by atoms with Crippen LogP contribution in [-0.4, -0.2) is 58.2 Å². The molecule has 1 fully saturated rings. The third kappa shape index (κ3) is 5.44. The van der Waals surface area contributed by atoms with Gasteiger partial charge in [0, 0.05) is 47.5 Å². The van der Waals surface area contributed by atoms with E-state index in [1.54, 1.807) is 12.4 Å². The lowest BCUT2D eigenvalue weighted by Gasteiger charge is -2.32. The van der Waals surface area contributed by atoms with Crippen LogP contribution in [-0.2, 0) is 5.75 Å². The number of aryl methyl sites for hydroxylation is 1. The average Bonchev–Trinajstić information content (AvgIpc) is 3.78. The topological polar surface area (TPSA) is 115 Å². The molecule has 1 aliphatic heterocycles. The van der Waals surface area contributed by atoms with Gasteiger partial charge in [-0.1, -0.05) is 41.6 Å². The number of benzene rings is 2. The van der Waals surface area contributed by atoms with E-state index in [0.717, 1.165) is 32.9 Å². The van der Waals surface area contributed by atoms with Crippen LogP contribution in [0.1, 0.15) is 39.9 Å². The molecule has 0 unspecified atom stereocenters. The Labute approximate surface area is 265 Å². The quantitative estimate of drug-likeness (QED) is 0.207. The van der Waals surface area contributed by atoms with Gasteiger partial charge in [-0.15, -0.1) is 21.5 Å². The molecule has 1 amide bonds. The number of imidazole rings is 1. The Bertz CT molecular complexity index is 2030. The van der Waals surface area contributed by atoms with Gasteiger partial charge in [0.05, 0.1) is 22.5 Å². The highest BCUT2D eigenvalue weighted by molar-refractivity contribution is 7.98. The molecule has 0 aliphatic carbocycles. The number of hydrogen-bond donors (Lipinski definition) is 1. The summed E-state index contributed by atoms with van der Waals surface area (Å²) < 4.78 is 3.82. The van der Waals surface area contributed by atoms with E-state index in [9.17, 15) is 9.59 Å². The molecule has 1 saturated heterocycles. The molecule has 1 aliphatic rings. The number of carbonyl (C=O) groups excluding carboxylic acids is 1. The molecule has 7 rings (SSSR count). The predicted molar refractivity (Wildman–Crippen MR) is 173 cm³/mol. The zero-order valence-corrected chi connectivity index (χ0v) is 26.1. The Morgan fingerprint density at radius 1 is 1.11 bits per heavy atom. The number of rotatable bonds is 7. The maximum atomic E-state index is 13.4. The maximum Gasteiger partial charge on any atom is 0.326 e. The van der Waals surface area contributed by atoms with Crippen LogP contribution in [0.4, 0.5) is 0 Å². The second-order valence-corrected chi connectivity index (χ2v) is 12.9. The van der Waals surface area contributed by atoms with Crippen LogP contribution in [0.15, 0.2) is 82.3 Å². The van der Waals surface area contributed by atoms with Gasteiger partial charge in [-0.2, -0.15) is 0 Å². The first-order valence-corrected chi connectivity index (χ1v) is 16.4. The number of aromatic nitrogens is 7. The van der Waals surface area contributed by atoms with Crippen LogP contribution in [0.2, 0.25) is 5.02 Å². The Morgan fingerprint density at radius 2 is 1.95 bits per heavy atom. The van der Waals surface area contributed by atoms with E-state index in [1.165, 1.54) is 23.1 Å². The second-order valence-electron chi connectivity index (χ2n) is 10.6. The fraction of sp³-hybridized carbons (Fsp3) is 0.226. The summed E-state index contributed by atoms with van der Waals surface area (Å²) in [6.45, 7) is 3.15. The second kappa shape index (κ2) is 12.0. The number of hydrogen-bond acceptors (Lipinski definition) is 8. The number of amides is 1. The standard InChI is InChI=1S/C31H27ClN8O2S2/c1-19-8-9-21(32)15-26(19)40-28(20-5-4-12-33-16-20)36-37-31(40)44-18-27-34-24(17-43-27)29(41)38-13-10-22(11-14-38)39-25-7-3-2-6-23(25)35-30(39)42/h2-9,12,15-17,22H,10-11,13-14,18H2,1H3,(H,35,42). The van der Waals surface area contributed by atoms with Crippen molar-refractivity contribution >= 4 is 51.6 Å². The van der Waals surface area contributed by atoms with Crippen molar-refractivity contribution in [2.45, 2.75) is 36.7 Å². The molecule has 0 radical (unpaired) electrons. The zero-order chi connectivity index (χ0) is 30.2. The van der Waals surface area contributed by atoms with E-state index in [2.05, 4.69) is 25.1 Å². The molecule has 10 nitrogen and oxygen atoms in total. The first kappa shape index (κ1) is 28.5. The summed E-state index contributed by atoms with van der Waals surface area (Å²) >= 11 is 9.34. The summed E-state index contributed by atoms with van der Waals surface area (Å²) in [6, 6.07) is 17.3. The minimum Gasteiger partial charge on any atom is -0.337 e. The Kier molecular flexibility index (Phi) is 7.79. The highest BCUT2D eigenvalue weighted by atomic mass is 35.5. The van der Waals surface area contributed by atoms with Gasteiger partial charge in [-0.05, 0) is 61.7 Å². The van der Waals surface area contributed by atoms with Crippen molar-refractivity contribution in [3.63, 3.8) is 0 Å². The number of halogens is 1. The Balaban J connectivity index is 1.05. The van der Waals surface area contributed by atoms with Crippen LogP contribution < -0.4 is 5.69 Å². The minimum atomic E-state index is -0.105. The Hall–Kier alpha value is -4.26. The van der Waals surface area contributed by atoms with Crippen molar-refractivity contribution in [3.8, 4) is 17.1 Å². The molecule has 0 saturated carbocycles. The van der Waals surface area contributed by atoms with E-state index in [1.807, 2.05) is 80.9 Å². The third-order valence-electron chi connectivity index (χ3n) is 7.80. The molecule has 1 N–H and O–H groups in total. The van der Waals surface area contributed by atoms with Crippen molar-refractivity contribution in [1.29, 1.82) is 0 Å². The lowest BCUT2D eigenvalue weighted by atomic mass is 10.0. The monoisotopic (exact) mass is 642 g/mol. The number of thioether (sulfide) groups is 1. The third-order valence-corrected chi connectivity index (χ3v) is 10.0. The summed E-state index contributed by atoms with van der Waals surface area (Å²) in [5.74, 6) is 1.10. The summed E-state index contributed by atoms with van der Waals surface area (Å²) in [5.41, 5.74) is 4.82. The molecular weight excluding hydrogens is 616 g/mol. The van der Waals surface area contributed by atoms with Gasteiger partial charge in [0.2, 0.25) is 0 Å². The van der Waals surface area contributed by atoms with E-state index in [4.69, 9.17) is 11.6 Å². The number of nitrogens with one attached hydrogen (secondary N) is 1. The molecule has 222 valence electrons.